The van der Waals surface area contributed by atoms with Crippen LogP contribution in [0.1, 0.15) is 24.0 Å². The van der Waals surface area contributed by atoms with E-state index in [0.29, 0.717) is 13.0 Å². The Balaban J connectivity index is 1.51. The highest BCUT2D eigenvalue weighted by Gasteiger charge is 2.21. The van der Waals surface area contributed by atoms with Crippen molar-refractivity contribution in [2.45, 2.75) is 31.8 Å². The fraction of sp³-hybridized carbons (Fsp3) is 0.350. The van der Waals surface area contributed by atoms with Crippen LogP contribution in [0.5, 0.6) is 5.75 Å². The first-order valence-corrected chi connectivity index (χ1v) is 8.42. The molecule has 4 nitrogen and oxygen atoms in total. The maximum atomic E-state index is 11.5. The smallest absolute Gasteiger partial charge is 0.321 e. The molecule has 2 aromatic rings. The van der Waals surface area contributed by atoms with Gasteiger partial charge in [0.15, 0.2) is 0 Å². The Kier molecular flexibility index (Phi) is 5.49. The third-order valence-corrected chi connectivity index (χ3v) is 4.24. The number of hydrogen-bond acceptors (Lipinski definition) is 3. The van der Waals surface area contributed by atoms with Gasteiger partial charge in [-0.1, -0.05) is 42.5 Å². The van der Waals surface area contributed by atoms with Crippen LogP contribution < -0.4 is 10.1 Å². The minimum absolute atomic E-state index is 0.471. The maximum absolute atomic E-state index is 11.5. The predicted molar refractivity (Wildman–Crippen MR) is 93.1 cm³/mol. The third-order valence-electron chi connectivity index (χ3n) is 4.24. The van der Waals surface area contributed by atoms with Crippen molar-refractivity contribution >= 4 is 5.97 Å². The number of rotatable bonds is 9. The summed E-state index contributed by atoms with van der Waals surface area (Å²) in [6, 6.07) is 16.9. The molecule has 1 aliphatic carbocycles. The van der Waals surface area contributed by atoms with E-state index in [1.54, 1.807) is 0 Å². The number of carboxylic acid groups (broad SMARTS) is 1. The normalized spacial score (nSPS) is 15.0. The van der Waals surface area contributed by atoms with Crippen LogP contribution in [0, 0.1) is 5.92 Å². The SMILES string of the molecule is O=C(O)[C@@H](Cc1ccccc1)NCc1ccc(OCC2CC2)cc1. The highest BCUT2D eigenvalue weighted by molar-refractivity contribution is 5.73. The van der Waals surface area contributed by atoms with Crippen molar-refractivity contribution in [2.75, 3.05) is 6.61 Å². The lowest BCUT2D eigenvalue weighted by atomic mass is 10.1. The summed E-state index contributed by atoms with van der Waals surface area (Å²) in [5.74, 6) is 0.786. The Bertz CT molecular complexity index is 650. The molecule has 0 amide bonds. The molecule has 0 heterocycles. The number of carboxylic acids is 1. The Morgan fingerprint density at radius 1 is 1.08 bits per heavy atom. The fourth-order valence-corrected chi connectivity index (χ4v) is 2.54. The van der Waals surface area contributed by atoms with Crippen LogP contribution in [0.4, 0.5) is 0 Å². The van der Waals surface area contributed by atoms with Gasteiger partial charge in [-0.15, -0.1) is 0 Å². The number of carbonyl (C=O) groups is 1. The van der Waals surface area contributed by atoms with Gasteiger partial charge in [0.2, 0.25) is 0 Å². The van der Waals surface area contributed by atoms with Crippen LogP contribution in [-0.4, -0.2) is 23.7 Å². The zero-order valence-electron chi connectivity index (χ0n) is 13.7. The van der Waals surface area contributed by atoms with Crippen molar-refractivity contribution in [3.05, 3.63) is 65.7 Å². The van der Waals surface area contributed by atoms with Gasteiger partial charge < -0.3 is 15.2 Å². The van der Waals surface area contributed by atoms with Crippen molar-refractivity contribution in [1.82, 2.24) is 5.32 Å². The summed E-state index contributed by atoms with van der Waals surface area (Å²) in [4.78, 5) is 11.5. The molecule has 126 valence electrons. The van der Waals surface area contributed by atoms with Crippen LogP contribution in [0.3, 0.4) is 0 Å². The summed E-state index contributed by atoms with van der Waals surface area (Å²) in [6.07, 6.45) is 3.03. The number of hydrogen-bond donors (Lipinski definition) is 2. The molecule has 0 aliphatic heterocycles. The van der Waals surface area contributed by atoms with Gasteiger partial charge >= 0.3 is 5.97 Å². The number of ether oxygens (including phenoxy) is 1. The second-order valence-corrected chi connectivity index (χ2v) is 6.36. The molecule has 4 heteroatoms. The topological polar surface area (TPSA) is 58.6 Å². The van der Waals surface area contributed by atoms with E-state index in [9.17, 15) is 9.90 Å². The molecular weight excluding hydrogens is 302 g/mol. The number of nitrogens with one attached hydrogen (secondary N) is 1. The van der Waals surface area contributed by atoms with Crippen molar-refractivity contribution in [2.24, 2.45) is 5.92 Å². The van der Waals surface area contributed by atoms with Crippen LogP contribution in [-0.2, 0) is 17.8 Å². The summed E-state index contributed by atoms with van der Waals surface area (Å²) in [5.41, 5.74) is 2.06. The van der Waals surface area contributed by atoms with Gasteiger partial charge in [-0.05, 0) is 48.4 Å². The van der Waals surface area contributed by atoms with E-state index >= 15 is 0 Å². The van der Waals surface area contributed by atoms with Gasteiger partial charge in [0.25, 0.3) is 0 Å². The van der Waals surface area contributed by atoms with E-state index < -0.39 is 12.0 Å². The van der Waals surface area contributed by atoms with Gasteiger partial charge in [0.1, 0.15) is 11.8 Å². The van der Waals surface area contributed by atoms with Crippen LogP contribution >= 0.6 is 0 Å². The summed E-state index contributed by atoms with van der Waals surface area (Å²) in [7, 11) is 0. The molecule has 0 spiro atoms. The Morgan fingerprint density at radius 2 is 1.79 bits per heavy atom. The maximum Gasteiger partial charge on any atom is 0.321 e. The zero-order valence-corrected chi connectivity index (χ0v) is 13.7. The molecule has 0 aromatic heterocycles. The minimum Gasteiger partial charge on any atom is -0.493 e. The molecule has 24 heavy (non-hydrogen) atoms. The van der Waals surface area contributed by atoms with E-state index in [1.165, 1.54) is 12.8 Å². The van der Waals surface area contributed by atoms with E-state index in [1.807, 2.05) is 54.6 Å². The fourth-order valence-electron chi connectivity index (χ4n) is 2.54. The van der Waals surface area contributed by atoms with Gasteiger partial charge in [0, 0.05) is 6.54 Å². The molecule has 2 aromatic carbocycles. The highest BCUT2D eigenvalue weighted by atomic mass is 16.5. The van der Waals surface area contributed by atoms with Crippen molar-refractivity contribution < 1.29 is 14.6 Å². The highest BCUT2D eigenvalue weighted by Crippen LogP contribution is 2.29. The van der Waals surface area contributed by atoms with E-state index in [2.05, 4.69) is 5.32 Å². The van der Waals surface area contributed by atoms with E-state index in [-0.39, 0.29) is 0 Å². The Morgan fingerprint density at radius 3 is 2.42 bits per heavy atom. The van der Waals surface area contributed by atoms with Gasteiger partial charge in [-0.3, -0.25) is 4.79 Å². The molecule has 2 N–H and O–H groups in total. The first kappa shape index (κ1) is 16.5. The van der Waals surface area contributed by atoms with Gasteiger partial charge in [-0.25, -0.2) is 0 Å². The molecule has 1 aliphatic rings. The molecule has 0 unspecified atom stereocenters. The lowest BCUT2D eigenvalue weighted by Gasteiger charge is -2.15. The average molecular weight is 325 g/mol. The molecule has 3 rings (SSSR count). The molecule has 0 radical (unpaired) electrons. The van der Waals surface area contributed by atoms with Crippen molar-refractivity contribution in [3.63, 3.8) is 0 Å². The number of aliphatic carboxylic acids is 1. The van der Waals surface area contributed by atoms with Crippen LogP contribution in [0.15, 0.2) is 54.6 Å². The number of benzene rings is 2. The molecule has 1 fully saturated rings. The Labute approximate surface area is 142 Å². The minimum atomic E-state index is -0.830. The lowest BCUT2D eigenvalue weighted by molar-refractivity contribution is -0.139. The Hall–Kier alpha value is -2.33. The molecule has 0 bridgehead atoms. The molecular formula is C20H23NO3. The van der Waals surface area contributed by atoms with Crippen LogP contribution in [0.2, 0.25) is 0 Å². The summed E-state index contributed by atoms with van der Waals surface area (Å²) in [5, 5.41) is 12.5. The first-order valence-electron chi connectivity index (χ1n) is 8.42. The summed E-state index contributed by atoms with van der Waals surface area (Å²) in [6.45, 7) is 1.32. The first-order chi connectivity index (χ1) is 11.7. The molecule has 1 saturated carbocycles. The third kappa shape index (κ3) is 5.10. The standard InChI is InChI=1S/C20H23NO3/c22-20(23)19(12-15-4-2-1-3-5-15)21-13-16-8-10-18(11-9-16)24-14-17-6-7-17/h1-5,8-11,17,19,21H,6-7,12-14H2,(H,22,23)/t19-/m1/s1. The van der Waals surface area contributed by atoms with Crippen molar-refractivity contribution in [3.8, 4) is 5.75 Å². The molecule has 0 saturated heterocycles. The summed E-state index contributed by atoms with van der Waals surface area (Å²) < 4.78 is 5.71. The summed E-state index contributed by atoms with van der Waals surface area (Å²) >= 11 is 0. The van der Waals surface area contributed by atoms with E-state index in [4.69, 9.17) is 4.74 Å². The second-order valence-electron chi connectivity index (χ2n) is 6.36. The van der Waals surface area contributed by atoms with Crippen molar-refractivity contribution in [1.29, 1.82) is 0 Å². The predicted octanol–water partition coefficient (Wildman–Crippen LogP) is 3.26. The van der Waals surface area contributed by atoms with Gasteiger partial charge in [-0.2, -0.15) is 0 Å². The lowest BCUT2D eigenvalue weighted by Crippen LogP contribution is -2.38. The van der Waals surface area contributed by atoms with Gasteiger partial charge in [0.05, 0.1) is 6.61 Å². The molecule has 1 atom stereocenters. The largest absolute Gasteiger partial charge is 0.493 e. The van der Waals surface area contributed by atoms with E-state index in [0.717, 1.165) is 29.4 Å². The zero-order chi connectivity index (χ0) is 16.8. The second kappa shape index (κ2) is 7.97. The monoisotopic (exact) mass is 325 g/mol. The quantitative estimate of drug-likeness (QED) is 0.743. The average Bonchev–Trinajstić information content (AvgIpc) is 3.43. The van der Waals surface area contributed by atoms with Crippen LogP contribution in [0.25, 0.3) is 0 Å².